The molecule has 0 unspecified atom stereocenters. The molecule has 1 saturated heterocycles. The topological polar surface area (TPSA) is 84.4 Å². The average molecular weight is 378 g/mol. The number of rotatable bonds is 4. The Kier molecular flexibility index (Phi) is 5.30. The van der Waals surface area contributed by atoms with E-state index in [1.807, 2.05) is 4.90 Å². The summed E-state index contributed by atoms with van der Waals surface area (Å²) in [7, 11) is 0. The van der Waals surface area contributed by atoms with Gasteiger partial charge in [-0.1, -0.05) is 6.07 Å². The van der Waals surface area contributed by atoms with Gasteiger partial charge in [-0.2, -0.15) is 4.39 Å². The van der Waals surface area contributed by atoms with Crippen LogP contribution in [-0.2, 0) is 12.1 Å². The van der Waals surface area contributed by atoms with E-state index in [0.29, 0.717) is 30.2 Å². The van der Waals surface area contributed by atoms with Gasteiger partial charge in [-0.05, 0) is 49.9 Å². The van der Waals surface area contributed by atoms with E-state index in [4.69, 9.17) is 5.73 Å². The Bertz CT molecular complexity index is 892. The van der Waals surface area contributed by atoms with E-state index >= 15 is 0 Å². The molecule has 0 saturated carbocycles. The summed E-state index contributed by atoms with van der Waals surface area (Å²) in [5, 5.41) is 10.4. The van der Waals surface area contributed by atoms with Crippen molar-refractivity contribution in [2.24, 2.45) is 5.73 Å². The van der Waals surface area contributed by atoms with Gasteiger partial charge in [0.1, 0.15) is 5.82 Å². The quantitative estimate of drug-likeness (QED) is 0.846. The molecule has 1 fully saturated rings. The predicted octanol–water partition coefficient (Wildman–Crippen LogP) is 1.72. The lowest BCUT2D eigenvalue weighted by Crippen LogP contribution is -2.45. The fourth-order valence-electron chi connectivity index (χ4n) is 3.51. The highest BCUT2D eigenvalue weighted by molar-refractivity contribution is 5.37. The summed E-state index contributed by atoms with van der Waals surface area (Å²) < 4.78 is 29.0. The first-order chi connectivity index (χ1) is 12.7. The molecule has 1 atom stereocenters. The highest BCUT2D eigenvalue weighted by Gasteiger charge is 2.25. The molecule has 27 heavy (non-hydrogen) atoms. The third-order valence-corrected chi connectivity index (χ3v) is 4.78. The standard InChI is InChI=1S/C19H24F2N4O2/c1-19(2,27)15-6-5-13(20)8-12(15)10-25-17(26)16(21)9-23-18(25)24-7-3-4-14(22)11-24/h5-6,8-9,14,27H,3-4,7,10-11,22H2,1-2H3/t14-/m1/s1. The smallest absolute Gasteiger partial charge is 0.291 e. The Hall–Kier alpha value is -2.32. The molecule has 0 radical (unpaired) electrons. The molecule has 1 aliphatic rings. The van der Waals surface area contributed by atoms with Crippen LogP contribution in [0, 0.1) is 11.6 Å². The monoisotopic (exact) mass is 378 g/mol. The van der Waals surface area contributed by atoms with Crippen LogP contribution in [-0.4, -0.2) is 33.8 Å². The minimum atomic E-state index is -1.25. The summed E-state index contributed by atoms with van der Waals surface area (Å²) in [6, 6.07) is 3.90. The van der Waals surface area contributed by atoms with Crippen LogP contribution in [0.5, 0.6) is 0 Å². The number of hydrogen-bond donors (Lipinski definition) is 2. The van der Waals surface area contributed by atoms with Crippen molar-refractivity contribution in [3.8, 4) is 0 Å². The molecule has 0 bridgehead atoms. The second-order valence-corrected chi connectivity index (χ2v) is 7.51. The molecule has 2 aromatic rings. The molecule has 0 aliphatic carbocycles. The van der Waals surface area contributed by atoms with Crippen LogP contribution in [0.1, 0.15) is 37.8 Å². The van der Waals surface area contributed by atoms with Crippen molar-refractivity contribution in [1.29, 1.82) is 0 Å². The van der Waals surface area contributed by atoms with E-state index in [2.05, 4.69) is 4.98 Å². The van der Waals surface area contributed by atoms with Crippen molar-refractivity contribution in [3.63, 3.8) is 0 Å². The molecule has 8 heteroatoms. The van der Waals surface area contributed by atoms with Gasteiger partial charge in [-0.3, -0.25) is 9.36 Å². The molecule has 1 aromatic heterocycles. The van der Waals surface area contributed by atoms with Crippen LogP contribution in [0.3, 0.4) is 0 Å². The Balaban J connectivity index is 2.09. The number of anilines is 1. The second kappa shape index (κ2) is 7.36. The Labute approximate surface area is 156 Å². The molecule has 0 spiro atoms. The molecular weight excluding hydrogens is 354 g/mol. The largest absolute Gasteiger partial charge is 0.386 e. The molecule has 1 aromatic carbocycles. The van der Waals surface area contributed by atoms with Gasteiger partial charge < -0.3 is 15.7 Å². The highest BCUT2D eigenvalue weighted by Crippen LogP contribution is 2.26. The third-order valence-electron chi connectivity index (χ3n) is 4.78. The molecule has 1 aliphatic heterocycles. The molecule has 146 valence electrons. The summed E-state index contributed by atoms with van der Waals surface area (Å²) in [5.74, 6) is -1.19. The minimum Gasteiger partial charge on any atom is -0.386 e. The zero-order chi connectivity index (χ0) is 19.8. The molecule has 3 N–H and O–H groups in total. The lowest BCUT2D eigenvalue weighted by atomic mass is 9.93. The zero-order valence-corrected chi connectivity index (χ0v) is 15.5. The van der Waals surface area contributed by atoms with Crippen molar-refractivity contribution in [2.45, 2.75) is 44.9 Å². The van der Waals surface area contributed by atoms with Crippen molar-refractivity contribution in [1.82, 2.24) is 9.55 Å². The zero-order valence-electron chi connectivity index (χ0n) is 15.5. The second-order valence-electron chi connectivity index (χ2n) is 7.51. The van der Waals surface area contributed by atoms with Crippen LogP contribution in [0.4, 0.5) is 14.7 Å². The van der Waals surface area contributed by atoms with Gasteiger partial charge in [0.2, 0.25) is 11.8 Å². The van der Waals surface area contributed by atoms with Crippen LogP contribution >= 0.6 is 0 Å². The molecule has 6 nitrogen and oxygen atoms in total. The summed E-state index contributed by atoms with van der Waals surface area (Å²) in [6.45, 7) is 4.18. The first-order valence-corrected chi connectivity index (χ1v) is 8.94. The number of nitrogens with zero attached hydrogens (tertiary/aromatic N) is 3. The van der Waals surface area contributed by atoms with E-state index in [1.165, 1.54) is 22.8 Å². The van der Waals surface area contributed by atoms with Crippen LogP contribution in [0.25, 0.3) is 0 Å². The van der Waals surface area contributed by atoms with Gasteiger partial charge in [0.05, 0.1) is 18.3 Å². The number of nitrogens with two attached hydrogens (primary N) is 1. The fraction of sp³-hybridized carbons (Fsp3) is 0.474. The number of hydrogen-bond acceptors (Lipinski definition) is 5. The summed E-state index contributed by atoms with van der Waals surface area (Å²) in [4.78, 5) is 18.5. The lowest BCUT2D eigenvalue weighted by Gasteiger charge is -2.33. The Morgan fingerprint density at radius 1 is 1.37 bits per heavy atom. The van der Waals surface area contributed by atoms with Crippen molar-refractivity contribution < 1.29 is 13.9 Å². The molecule has 0 amide bonds. The van der Waals surface area contributed by atoms with Gasteiger partial charge in [-0.25, -0.2) is 9.37 Å². The summed E-state index contributed by atoms with van der Waals surface area (Å²) in [6.07, 6.45) is 2.61. The average Bonchev–Trinajstić information content (AvgIpc) is 2.58. The number of piperidine rings is 1. The summed E-state index contributed by atoms with van der Waals surface area (Å²) in [5.41, 5.74) is 4.78. The van der Waals surface area contributed by atoms with Crippen molar-refractivity contribution in [2.75, 3.05) is 18.0 Å². The van der Waals surface area contributed by atoms with E-state index in [1.54, 1.807) is 13.8 Å². The number of aromatic nitrogens is 2. The fourth-order valence-corrected chi connectivity index (χ4v) is 3.51. The molecule has 3 rings (SSSR count). The lowest BCUT2D eigenvalue weighted by molar-refractivity contribution is 0.0774. The maximum Gasteiger partial charge on any atom is 0.291 e. The van der Waals surface area contributed by atoms with Crippen LogP contribution < -0.4 is 16.2 Å². The van der Waals surface area contributed by atoms with Gasteiger partial charge in [0, 0.05) is 19.1 Å². The van der Waals surface area contributed by atoms with Crippen molar-refractivity contribution in [3.05, 3.63) is 57.5 Å². The molecule has 2 heterocycles. The maximum absolute atomic E-state index is 14.0. The van der Waals surface area contributed by atoms with Crippen LogP contribution in [0.2, 0.25) is 0 Å². The highest BCUT2D eigenvalue weighted by atomic mass is 19.1. The first-order valence-electron chi connectivity index (χ1n) is 8.94. The number of benzene rings is 1. The maximum atomic E-state index is 14.0. The SMILES string of the molecule is CC(C)(O)c1ccc(F)cc1Cn1c(N2CCC[C@@H](N)C2)ncc(F)c1=O. The van der Waals surface area contributed by atoms with E-state index in [-0.39, 0.29) is 12.6 Å². The Morgan fingerprint density at radius 2 is 2.11 bits per heavy atom. The molecular formula is C19H24F2N4O2. The van der Waals surface area contributed by atoms with Gasteiger partial charge in [0.25, 0.3) is 5.56 Å². The normalized spacial score (nSPS) is 18.0. The minimum absolute atomic E-state index is 0.0599. The van der Waals surface area contributed by atoms with Gasteiger partial charge >= 0.3 is 0 Å². The van der Waals surface area contributed by atoms with E-state index in [9.17, 15) is 18.7 Å². The number of aliphatic hydroxyl groups is 1. The number of halogens is 2. The third kappa shape index (κ3) is 4.17. The van der Waals surface area contributed by atoms with Gasteiger partial charge in [0.15, 0.2) is 0 Å². The van der Waals surface area contributed by atoms with Gasteiger partial charge in [-0.15, -0.1) is 0 Å². The van der Waals surface area contributed by atoms with E-state index < -0.39 is 22.8 Å². The van der Waals surface area contributed by atoms with Crippen LogP contribution in [0.15, 0.2) is 29.2 Å². The Morgan fingerprint density at radius 3 is 2.78 bits per heavy atom. The predicted molar refractivity (Wildman–Crippen MR) is 98.6 cm³/mol. The van der Waals surface area contributed by atoms with Crippen molar-refractivity contribution >= 4 is 5.95 Å². The van der Waals surface area contributed by atoms with E-state index in [0.717, 1.165) is 19.0 Å². The first kappa shape index (κ1) is 19.4. The summed E-state index contributed by atoms with van der Waals surface area (Å²) >= 11 is 0.